The first-order chi connectivity index (χ1) is 8.58. The van der Waals surface area contributed by atoms with Gasteiger partial charge in [0.05, 0.1) is 17.4 Å². The molecule has 0 aliphatic rings. The molecule has 18 heavy (non-hydrogen) atoms. The van der Waals surface area contributed by atoms with E-state index in [9.17, 15) is 4.79 Å². The van der Waals surface area contributed by atoms with Crippen LogP contribution in [-0.4, -0.2) is 20.6 Å². The lowest BCUT2D eigenvalue weighted by atomic mass is 10.1. The van der Waals surface area contributed by atoms with Crippen molar-refractivity contribution in [1.29, 1.82) is 0 Å². The van der Waals surface area contributed by atoms with Crippen LogP contribution in [0.25, 0.3) is 11.0 Å². The second-order valence-electron chi connectivity index (χ2n) is 4.82. The number of imidazole rings is 1. The number of benzene rings is 1. The van der Waals surface area contributed by atoms with E-state index in [-0.39, 0.29) is 6.42 Å². The van der Waals surface area contributed by atoms with Crippen LogP contribution in [0.5, 0.6) is 0 Å². The number of fused-ring (bicyclic) bond motifs is 1. The molecule has 0 atom stereocenters. The zero-order valence-corrected chi connectivity index (χ0v) is 10.8. The number of hydrogen-bond donors (Lipinski definition) is 1. The molecule has 0 saturated carbocycles. The monoisotopic (exact) mass is 246 g/mol. The van der Waals surface area contributed by atoms with Crippen molar-refractivity contribution in [3.05, 3.63) is 30.1 Å². The summed E-state index contributed by atoms with van der Waals surface area (Å²) in [5.41, 5.74) is 3.27. The van der Waals surface area contributed by atoms with Crippen LogP contribution >= 0.6 is 0 Å². The predicted molar refractivity (Wildman–Crippen MR) is 70.7 cm³/mol. The quantitative estimate of drug-likeness (QED) is 0.882. The number of aromatic nitrogens is 2. The number of carboxylic acid groups (broad SMARTS) is 1. The molecule has 2 aromatic rings. The maximum Gasteiger partial charge on any atom is 0.303 e. The molecule has 0 unspecified atom stereocenters. The fourth-order valence-corrected chi connectivity index (χ4v) is 2.09. The minimum Gasteiger partial charge on any atom is -0.481 e. The van der Waals surface area contributed by atoms with Crippen molar-refractivity contribution in [2.75, 3.05) is 0 Å². The lowest BCUT2D eigenvalue weighted by Crippen LogP contribution is -1.98. The normalized spacial score (nSPS) is 11.3. The smallest absolute Gasteiger partial charge is 0.303 e. The highest BCUT2D eigenvalue weighted by Crippen LogP contribution is 2.19. The van der Waals surface area contributed by atoms with Crippen LogP contribution in [0.3, 0.4) is 0 Å². The van der Waals surface area contributed by atoms with Gasteiger partial charge in [0.25, 0.3) is 0 Å². The first kappa shape index (κ1) is 12.6. The van der Waals surface area contributed by atoms with Gasteiger partial charge in [-0.15, -0.1) is 0 Å². The van der Waals surface area contributed by atoms with E-state index in [1.165, 1.54) is 0 Å². The van der Waals surface area contributed by atoms with Crippen molar-refractivity contribution in [3.8, 4) is 0 Å². The van der Waals surface area contributed by atoms with Gasteiger partial charge in [-0.25, -0.2) is 4.98 Å². The molecule has 1 N–H and O–H groups in total. The number of aryl methyl sites for hydroxylation is 1. The molecule has 0 bridgehead atoms. The van der Waals surface area contributed by atoms with Crippen LogP contribution in [0.1, 0.15) is 38.3 Å². The van der Waals surface area contributed by atoms with Gasteiger partial charge in [0.1, 0.15) is 0 Å². The van der Waals surface area contributed by atoms with E-state index < -0.39 is 5.97 Å². The molecule has 4 heteroatoms. The van der Waals surface area contributed by atoms with Crippen LogP contribution in [0.2, 0.25) is 0 Å². The van der Waals surface area contributed by atoms with Gasteiger partial charge < -0.3 is 9.67 Å². The van der Waals surface area contributed by atoms with Gasteiger partial charge >= 0.3 is 5.97 Å². The molecule has 96 valence electrons. The largest absolute Gasteiger partial charge is 0.481 e. The van der Waals surface area contributed by atoms with E-state index in [2.05, 4.69) is 41.6 Å². The van der Waals surface area contributed by atoms with Crippen molar-refractivity contribution < 1.29 is 9.90 Å². The Bertz CT molecular complexity index is 558. The van der Waals surface area contributed by atoms with Crippen LogP contribution < -0.4 is 0 Å². The molecule has 0 saturated heterocycles. The second-order valence-corrected chi connectivity index (χ2v) is 4.82. The maximum atomic E-state index is 10.5. The summed E-state index contributed by atoms with van der Waals surface area (Å²) in [5.74, 6) is -0.736. The van der Waals surface area contributed by atoms with Gasteiger partial charge in [-0.1, -0.05) is 6.07 Å². The van der Waals surface area contributed by atoms with Gasteiger partial charge in [0.15, 0.2) is 0 Å². The third-order valence-electron chi connectivity index (χ3n) is 3.05. The first-order valence-electron chi connectivity index (χ1n) is 6.25. The SMILES string of the molecule is CC(C)n1cnc2cc(CCCC(=O)O)ccc21. The standard InChI is InChI=1S/C14H18N2O2/c1-10(2)16-9-15-12-8-11(6-7-13(12)16)4-3-5-14(17)18/h6-10H,3-5H2,1-2H3,(H,17,18). The molecular formula is C14H18N2O2. The van der Waals surface area contributed by atoms with E-state index in [0.29, 0.717) is 12.5 Å². The van der Waals surface area contributed by atoms with E-state index >= 15 is 0 Å². The molecule has 1 aromatic heterocycles. The molecule has 0 aliphatic heterocycles. The first-order valence-corrected chi connectivity index (χ1v) is 6.25. The third-order valence-corrected chi connectivity index (χ3v) is 3.05. The number of rotatable bonds is 5. The average molecular weight is 246 g/mol. The molecule has 0 aliphatic carbocycles. The maximum absolute atomic E-state index is 10.5. The highest BCUT2D eigenvalue weighted by atomic mass is 16.4. The van der Waals surface area contributed by atoms with E-state index in [0.717, 1.165) is 23.0 Å². The minimum absolute atomic E-state index is 0.221. The fraction of sp³-hybridized carbons (Fsp3) is 0.429. The lowest BCUT2D eigenvalue weighted by molar-refractivity contribution is -0.137. The van der Waals surface area contributed by atoms with Gasteiger partial charge in [-0.2, -0.15) is 0 Å². The molecule has 0 spiro atoms. The Morgan fingerprint density at radius 2 is 2.22 bits per heavy atom. The third kappa shape index (κ3) is 2.70. The number of hydrogen-bond acceptors (Lipinski definition) is 2. The highest BCUT2D eigenvalue weighted by molar-refractivity contribution is 5.76. The summed E-state index contributed by atoms with van der Waals surface area (Å²) in [4.78, 5) is 14.9. The summed E-state index contributed by atoms with van der Waals surface area (Å²) in [6, 6.07) is 6.58. The number of nitrogens with zero attached hydrogens (tertiary/aromatic N) is 2. The van der Waals surface area contributed by atoms with Gasteiger partial charge in [0.2, 0.25) is 0 Å². The molecule has 4 nitrogen and oxygen atoms in total. The highest BCUT2D eigenvalue weighted by Gasteiger charge is 2.06. The molecular weight excluding hydrogens is 228 g/mol. The van der Waals surface area contributed by atoms with Crippen molar-refractivity contribution >= 4 is 17.0 Å². The topological polar surface area (TPSA) is 55.1 Å². The molecule has 2 rings (SSSR count). The summed E-state index contributed by atoms with van der Waals surface area (Å²) in [5, 5.41) is 8.61. The second kappa shape index (κ2) is 5.21. The zero-order chi connectivity index (χ0) is 13.1. The summed E-state index contributed by atoms with van der Waals surface area (Å²) >= 11 is 0. The summed E-state index contributed by atoms with van der Waals surface area (Å²) in [7, 11) is 0. The minimum atomic E-state index is -0.736. The van der Waals surface area contributed by atoms with Crippen LogP contribution in [0.15, 0.2) is 24.5 Å². The number of aliphatic carboxylic acids is 1. The Morgan fingerprint density at radius 1 is 1.44 bits per heavy atom. The zero-order valence-electron chi connectivity index (χ0n) is 10.8. The van der Waals surface area contributed by atoms with Crippen molar-refractivity contribution in [1.82, 2.24) is 9.55 Å². The Kier molecular flexibility index (Phi) is 3.65. The Labute approximate surface area is 106 Å². The predicted octanol–water partition coefficient (Wildman–Crippen LogP) is 3.02. The Balaban J connectivity index is 2.16. The molecule has 1 heterocycles. The molecule has 1 aromatic carbocycles. The summed E-state index contributed by atoms with van der Waals surface area (Å²) in [6.45, 7) is 4.25. The van der Waals surface area contributed by atoms with Gasteiger partial charge in [-0.05, 0) is 44.4 Å². The van der Waals surface area contributed by atoms with Gasteiger partial charge in [0, 0.05) is 12.5 Å². The Hall–Kier alpha value is -1.84. The Morgan fingerprint density at radius 3 is 2.89 bits per heavy atom. The molecule has 0 amide bonds. The molecule has 0 fully saturated rings. The van der Waals surface area contributed by atoms with Crippen molar-refractivity contribution in [2.45, 2.75) is 39.2 Å². The van der Waals surface area contributed by atoms with Crippen LogP contribution in [0, 0.1) is 0 Å². The average Bonchev–Trinajstić information content (AvgIpc) is 2.71. The van der Waals surface area contributed by atoms with E-state index in [1.807, 2.05) is 6.33 Å². The number of carboxylic acids is 1. The fourth-order valence-electron chi connectivity index (χ4n) is 2.09. The summed E-state index contributed by atoms with van der Waals surface area (Å²) < 4.78 is 2.14. The molecule has 0 radical (unpaired) electrons. The van der Waals surface area contributed by atoms with E-state index in [4.69, 9.17) is 5.11 Å². The van der Waals surface area contributed by atoms with E-state index in [1.54, 1.807) is 0 Å². The summed E-state index contributed by atoms with van der Waals surface area (Å²) in [6.07, 6.45) is 3.54. The van der Waals surface area contributed by atoms with Crippen LogP contribution in [-0.2, 0) is 11.2 Å². The van der Waals surface area contributed by atoms with Crippen molar-refractivity contribution in [2.24, 2.45) is 0 Å². The van der Waals surface area contributed by atoms with Gasteiger partial charge in [-0.3, -0.25) is 4.79 Å². The lowest BCUT2D eigenvalue weighted by Gasteiger charge is -2.08. The van der Waals surface area contributed by atoms with Crippen LogP contribution in [0.4, 0.5) is 0 Å². The van der Waals surface area contributed by atoms with Crippen molar-refractivity contribution in [3.63, 3.8) is 0 Å². The number of carbonyl (C=O) groups is 1.